The highest BCUT2D eigenvalue weighted by Crippen LogP contribution is 2.13. The lowest BCUT2D eigenvalue weighted by Crippen LogP contribution is -2.33. The van der Waals surface area contributed by atoms with E-state index in [0.717, 1.165) is 25.9 Å². The first-order chi connectivity index (χ1) is 8.52. The third-order valence-electron chi connectivity index (χ3n) is 3.42. The van der Waals surface area contributed by atoms with Crippen molar-refractivity contribution in [3.63, 3.8) is 0 Å². The zero-order chi connectivity index (χ0) is 13.9. The van der Waals surface area contributed by atoms with Crippen molar-refractivity contribution in [1.82, 2.24) is 0 Å². The van der Waals surface area contributed by atoms with Crippen LogP contribution in [0.4, 0.5) is 0 Å². The summed E-state index contributed by atoms with van der Waals surface area (Å²) in [6.07, 6.45) is 9.51. The van der Waals surface area contributed by atoms with Crippen molar-refractivity contribution in [2.24, 2.45) is 5.73 Å². The molecule has 0 spiro atoms. The summed E-state index contributed by atoms with van der Waals surface area (Å²) in [4.78, 5) is 0. The SMILES string of the molecule is CCCCCCC(C)OCCCCC(C)(O)CN. The van der Waals surface area contributed by atoms with Crippen LogP contribution in [-0.4, -0.2) is 30.0 Å². The number of hydrogen-bond donors (Lipinski definition) is 2. The maximum atomic E-state index is 9.73. The first-order valence-electron chi connectivity index (χ1n) is 7.56. The molecular formula is C15H33NO2. The van der Waals surface area contributed by atoms with Crippen LogP contribution in [0.15, 0.2) is 0 Å². The summed E-state index contributed by atoms with van der Waals surface area (Å²) in [6.45, 7) is 7.32. The quantitative estimate of drug-likeness (QED) is 0.529. The topological polar surface area (TPSA) is 55.5 Å². The fourth-order valence-corrected chi connectivity index (χ4v) is 1.94. The number of nitrogens with two attached hydrogens (primary N) is 1. The molecule has 110 valence electrons. The predicted octanol–water partition coefficient (Wildman–Crippen LogP) is 3.24. The number of ether oxygens (including phenoxy) is 1. The van der Waals surface area contributed by atoms with Gasteiger partial charge in [0.05, 0.1) is 11.7 Å². The van der Waals surface area contributed by atoms with Crippen LogP contribution in [0.5, 0.6) is 0 Å². The van der Waals surface area contributed by atoms with Crippen molar-refractivity contribution >= 4 is 0 Å². The fraction of sp³-hybridized carbons (Fsp3) is 1.00. The molecule has 18 heavy (non-hydrogen) atoms. The maximum Gasteiger partial charge on any atom is 0.0741 e. The van der Waals surface area contributed by atoms with Gasteiger partial charge in [0.25, 0.3) is 0 Å². The molecular weight excluding hydrogens is 226 g/mol. The van der Waals surface area contributed by atoms with Crippen LogP contribution >= 0.6 is 0 Å². The number of hydrogen-bond acceptors (Lipinski definition) is 3. The van der Waals surface area contributed by atoms with E-state index >= 15 is 0 Å². The summed E-state index contributed by atoms with van der Waals surface area (Å²) in [7, 11) is 0. The van der Waals surface area contributed by atoms with Gasteiger partial charge in [-0.1, -0.05) is 32.6 Å². The molecule has 0 heterocycles. The first kappa shape index (κ1) is 17.9. The Morgan fingerprint density at radius 1 is 1.17 bits per heavy atom. The van der Waals surface area contributed by atoms with Gasteiger partial charge in [-0.25, -0.2) is 0 Å². The Kier molecular flexibility index (Phi) is 10.7. The Bertz CT molecular complexity index is 183. The first-order valence-corrected chi connectivity index (χ1v) is 7.56. The molecule has 0 saturated carbocycles. The van der Waals surface area contributed by atoms with Gasteiger partial charge >= 0.3 is 0 Å². The smallest absolute Gasteiger partial charge is 0.0741 e. The predicted molar refractivity (Wildman–Crippen MR) is 77.7 cm³/mol. The van der Waals surface area contributed by atoms with E-state index in [0.29, 0.717) is 12.6 Å². The van der Waals surface area contributed by atoms with Gasteiger partial charge in [-0.2, -0.15) is 0 Å². The lowest BCUT2D eigenvalue weighted by atomic mass is 9.99. The molecule has 3 N–H and O–H groups in total. The molecule has 0 aliphatic heterocycles. The van der Waals surface area contributed by atoms with Crippen molar-refractivity contribution in [3.05, 3.63) is 0 Å². The number of rotatable bonds is 12. The number of unbranched alkanes of at least 4 members (excludes halogenated alkanes) is 4. The highest BCUT2D eigenvalue weighted by molar-refractivity contribution is 4.72. The Balaban J connectivity index is 3.32. The molecule has 0 saturated heterocycles. The molecule has 2 atom stereocenters. The monoisotopic (exact) mass is 259 g/mol. The average molecular weight is 259 g/mol. The van der Waals surface area contributed by atoms with Crippen LogP contribution in [0.1, 0.15) is 72.1 Å². The third kappa shape index (κ3) is 11.0. The van der Waals surface area contributed by atoms with Gasteiger partial charge in [-0.05, 0) is 39.5 Å². The van der Waals surface area contributed by atoms with E-state index in [1.54, 1.807) is 6.92 Å². The lowest BCUT2D eigenvalue weighted by molar-refractivity contribution is 0.0392. The normalized spacial score (nSPS) is 16.5. The standard InChI is InChI=1S/C15H33NO2/c1-4-5-6-7-10-14(2)18-12-9-8-11-15(3,17)13-16/h14,17H,4-13,16H2,1-3H3. The maximum absolute atomic E-state index is 9.73. The van der Waals surface area contributed by atoms with Crippen LogP contribution in [0.2, 0.25) is 0 Å². The second-order valence-corrected chi connectivity index (χ2v) is 5.69. The Morgan fingerprint density at radius 3 is 2.50 bits per heavy atom. The zero-order valence-electron chi connectivity index (χ0n) is 12.6. The van der Waals surface area contributed by atoms with Crippen LogP contribution in [0.25, 0.3) is 0 Å². The van der Waals surface area contributed by atoms with Gasteiger partial charge in [0.1, 0.15) is 0 Å². The molecule has 0 radical (unpaired) electrons. The zero-order valence-corrected chi connectivity index (χ0v) is 12.6. The van der Waals surface area contributed by atoms with Gasteiger partial charge in [0.2, 0.25) is 0 Å². The highest BCUT2D eigenvalue weighted by atomic mass is 16.5. The van der Waals surface area contributed by atoms with Crippen molar-refractivity contribution in [1.29, 1.82) is 0 Å². The Morgan fingerprint density at radius 2 is 1.89 bits per heavy atom. The van der Waals surface area contributed by atoms with Gasteiger partial charge in [0, 0.05) is 13.2 Å². The lowest BCUT2D eigenvalue weighted by Gasteiger charge is -2.20. The van der Waals surface area contributed by atoms with Crippen LogP contribution < -0.4 is 5.73 Å². The highest BCUT2D eigenvalue weighted by Gasteiger charge is 2.16. The van der Waals surface area contributed by atoms with Gasteiger partial charge in [0.15, 0.2) is 0 Å². The molecule has 0 aromatic carbocycles. The molecule has 3 heteroatoms. The molecule has 0 bridgehead atoms. The van der Waals surface area contributed by atoms with Crippen molar-refractivity contribution in [2.75, 3.05) is 13.2 Å². The molecule has 2 unspecified atom stereocenters. The summed E-state index contributed by atoms with van der Waals surface area (Å²) in [5.74, 6) is 0. The second-order valence-electron chi connectivity index (χ2n) is 5.69. The van der Waals surface area contributed by atoms with Gasteiger partial charge in [-0.3, -0.25) is 0 Å². The average Bonchev–Trinajstić information content (AvgIpc) is 2.34. The van der Waals surface area contributed by atoms with Crippen LogP contribution in [0.3, 0.4) is 0 Å². The summed E-state index contributed by atoms with van der Waals surface area (Å²) in [5.41, 5.74) is 4.76. The van der Waals surface area contributed by atoms with Gasteiger partial charge in [-0.15, -0.1) is 0 Å². The van der Waals surface area contributed by atoms with Crippen LogP contribution in [-0.2, 0) is 4.74 Å². The third-order valence-corrected chi connectivity index (χ3v) is 3.42. The van der Waals surface area contributed by atoms with E-state index in [2.05, 4.69) is 13.8 Å². The minimum absolute atomic E-state index is 0.335. The minimum atomic E-state index is -0.703. The van der Waals surface area contributed by atoms with Crippen molar-refractivity contribution < 1.29 is 9.84 Å². The van der Waals surface area contributed by atoms with Gasteiger partial charge < -0.3 is 15.6 Å². The molecule has 0 rings (SSSR count). The molecule has 0 aromatic rings. The minimum Gasteiger partial charge on any atom is -0.389 e. The Labute approximate surface area is 113 Å². The molecule has 0 aromatic heterocycles. The van der Waals surface area contributed by atoms with Crippen molar-refractivity contribution in [3.8, 4) is 0 Å². The Hall–Kier alpha value is -0.120. The van der Waals surface area contributed by atoms with E-state index in [-0.39, 0.29) is 0 Å². The number of aliphatic hydroxyl groups is 1. The molecule has 0 aliphatic carbocycles. The fourth-order valence-electron chi connectivity index (χ4n) is 1.94. The molecule has 0 amide bonds. The largest absolute Gasteiger partial charge is 0.389 e. The van der Waals surface area contributed by atoms with Crippen LogP contribution in [0, 0.1) is 0 Å². The summed E-state index contributed by atoms with van der Waals surface area (Å²) < 4.78 is 5.76. The molecule has 0 fully saturated rings. The summed E-state index contributed by atoms with van der Waals surface area (Å²) in [6, 6.07) is 0. The summed E-state index contributed by atoms with van der Waals surface area (Å²) >= 11 is 0. The van der Waals surface area contributed by atoms with E-state index in [1.165, 1.54) is 32.1 Å². The molecule has 0 aliphatic rings. The van der Waals surface area contributed by atoms with E-state index < -0.39 is 5.60 Å². The summed E-state index contributed by atoms with van der Waals surface area (Å²) in [5, 5.41) is 9.73. The van der Waals surface area contributed by atoms with Crippen molar-refractivity contribution in [2.45, 2.75) is 83.8 Å². The van der Waals surface area contributed by atoms with E-state index in [1.807, 2.05) is 0 Å². The van der Waals surface area contributed by atoms with E-state index in [4.69, 9.17) is 10.5 Å². The van der Waals surface area contributed by atoms with E-state index in [9.17, 15) is 5.11 Å². The second kappa shape index (κ2) is 10.8. The molecule has 3 nitrogen and oxygen atoms in total.